The Morgan fingerprint density at radius 1 is 1.32 bits per heavy atom. The van der Waals surface area contributed by atoms with Crippen molar-refractivity contribution in [3.05, 3.63) is 42.1 Å². The summed E-state index contributed by atoms with van der Waals surface area (Å²) < 4.78 is 0.916. The molecule has 0 fully saturated rings. The van der Waals surface area contributed by atoms with Gasteiger partial charge in [0.2, 0.25) is 5.88 Å². The lowest BCUT2D eigenvalue weighted by Crippen LogP contribution is -2.20. The van der Waals surface area contributed by atoms with E-state index in [1.165, 1.54) is 0 Å². The maximum absolute atomic E-state index is 11.6. The molecule has 1 aromatic carbocycles. The fourth-order valence-electron chi connectivity index (χ4n) is 2.63. The second-order valence-electron chi connectivity index (χ2n) is 5.07. The van der Waals surface area contributed by atoms with E-state index in [9.17, 15) is 20.1 Å². The summed E-state index contributed by atoms with van der Waals surface area (Å²) in [5.41, 5.74) is 7.11. The van der Waals surface area contributed by atoms with Crippen LogP contribution in [0.15, 0.2) is 36.5 Å². The lowest BCUT2D eigenvalue weighted by Gasteiger charge is -2.16. The molecule has 22 heavy (non-hydrogen) atoms. The Labute approximate surface area is 125 Å². The maximum atomic E-state index is 11.6. The highest BCUT2D eigenvalue weighted by Crippen LogP contribution is 2.35. The van der Waals surface area contributed by atoms with E-state index in [-0.39, 0.29) is 18.0 Å². The van der Waals surface area contributed by atoms with Crippen LogP contribution in [0.4, 0.5) is 5.69 Å². The summed E-state index contributed by atoms with van der Waals surface area (Å²) in [6.07, 6.45) is 1.82. The van der Waals surface area contributed by atoms with E-state index in [0.29, 0.717) is 0 Å². The Balaban J connectivity index is 2.04. The third-order valence-electron chi connectivity index (χ3n) is 3.70. The number of hydrogen-bond donors (Lipinski definition) is 5. The molecule has 0 amide bonds. The Morgan fingerprint density at radius 3 is 2.68 bits per heavy atom. The number of H-pyrrole nitrogens is 1. The number of anilines is 1. The van der Waals surface area contributed by atoms with Crippen LogP contribution in [0.3, 0.4) is 0 Å². The van der Waals surface area contributed by atoms with Crippen LogP contribution in [-0.2, 0) is 11.2 Å². The van der Waals surface area contributed by atoms with Gasteiger partial charge in [-0.3, -0.25) is 4.57 Å². The zero-order chi connectivity index (χ0) is 15.9. The number of para-hydroxylation sites is 1. The van der Waals surface area contributed by atoms with Crippen LogP contribution in [-0.4, -0.2) is 30.8 Å². The highest BCUT2D eigenvalue weighted by molar-refractivity contribution is 5.84. The van der Waals surface area contributed by atoms with Gasteiger partial charge in [0.1, 0.15) is 6.04 Å². The number of aromatic nitrogens is 2. The first-order chi connectivity index (χ1) is 10.5. The molecular formula is C15H15N3O4. The Morgan fingerprint density at radius 2 is 2.05 bits per heavy atom. The first-order valence-corrected chi connectivity index (χ1v) is 6.65. The summed E-state index contributed by atoms with van der Waals surface area (Å²) in [7, 11) is 0. The number of hydrogen-bond acceptors (Lipinski definition) is 4. The molecule has 0 aliphatic carbocycles. The predicted molar refractivity (Wildman–Crippen MR) is 80.8 cm³/mol. The Hall–Kier alpha value is -3.09. The fourth-order valence-corrected chi connectivity index (χ4v) is 2.63. The van der Waals surface area contributed by atoms with Gasteiger partial charge in [-0.05, 0) is 11.6 Å². The van der Waals surface area contributed by atoms with Crippen molar-refractivity contribution in [1.29, 1.82) is 0 Å². The molecule has 3 rings (SSSR count). The van der Waals surface area contributed by atoms with E-state index in [1.807, 2.05) is 24.3 Å². The molecule has 0 aliphatic rings. The number of nitrogens with zero attached hydrogens (tertiary/aromatic N) is 1. The van der Waals surface area contributed by atoms with Gasteiger partial charge < -0.3 is 26.0 Å². The second kappa shape index (κ2) is 5.03. The minimum Gasteiger partial charge on any atom is -0.494 e. The van der Waals surface area contributed by atoms with E-state index in [2.05, 4.69) is 4.98 Å². The van der Waals surface area contributed by atoms with Crippen molar-refractivity contribution in [2.45, 2.75) is 12.5 Å². The number of benzene rings is 1. The van der Waals surface area contributed by atoms with Crippen LogP contribution in [0.2, 0.25) is 0 Å². The average Bonchev–Trinajstić information content (AvgIpc) is 2.99. The van der Waals surface area contributed by atoms with Gasteiger partial charge in [0.05, 0.1) is 5.69 Å². The van der Waals surface area contributed by atoms with Crippen molar-refractivity contribution < 1.29 is 20.1 Å². The van der Waals surface area contributed by atoms with Crippen molar-refractivity contribution in [2.24, 2.45) is 0 Å². The van der Waals surface area contributed by atoms with Gasteiger partial charge in [-0.15, -0.1) is 0 Å². The number of fused-ring (bicyclic) bond motifs is 1. The molecule has 2 aromatic heterocycles. The molecule has 7 nitrogen and oxygen atoms in total. The van der Waals surface area contributed by atoms with E-state index in [0.717, 1.165) is 27.1 Å². The summed E-state index contributed by atoms with van der Waals surface area (Å²) >= 11 is 0. The summed E-state index contributed by atoms with van der Waals surface area (Å²) in [5, 5.41) is 30.1. The van der Waals surface area contributed by atoms with Crippen molar-refractivity contribution in [1.82, 2.24) is 9.55 Å². The van der Waals surface area contributed by atoms with Crippen molar-refractivity contribution in [3.8, 4) is 11.8 Å². The molecule has 114 valence electrons. The number of nitrogens with one attached hydrogen (secondary N) is 1. The van der Waals surface area contributed by atoms with E-state index >= 15 is 0 Å². The molecule has 6 N–H and O–H groups in total. The number of nitrogen functional groups attached to an aromatic ring is 1. The van der Waals surface area contributed by atoms with E-state index in [1.54, 1.807) is 6.20 Å². The number of carboxylic acids is 1. The lowest BCUT2D eigenvalue weighted by molar-refractivity contribution is -0.141. The number of aromatic hydroxyl groups is 2. The number of aliphatic carboxylic acids is 1. The summed E-state index contributed by atoms with van der Waals surface area (Å²) in [6.45, 7) is 0. The minimum atomic E-state index is -1.17. The van der Waals surface area contributed by atoms with Crippen molar-refractivity contribution in [2.75, 3.05) is 5.73 Å². The standard InChI is InChI=1S/C15H15N3O4/c16-10-6-13(19)18(14(10)20)12(15(21)22)5-8-7-17-11-4-2-1-3-9(8)11/h1-4,6-7,12,17,19-20H,5,16H2,(H,21,22)/t12-/m0/s1. The van der Waals surface area contributed by atoms with Gasteiger partial charge >= 0.3 is 5.97 Å². The molecule has 7 heteroatoms. The van der Waals surface area contributed by atoms with Crippen LogP contribution in [0, 0.1) is 0 Å². The zero-order valence-electron chi connectivity index (χ0n) is 11.5. The third kappa shape index (κ3) is 2.12. The molecule has 0 aliphatic heterocycles. The van der Waals surface area contributed by atoms with Crippen LogP contribution < -0.4 is 5.73 Å². The van der Waals surface area contributed by atoms with E-state index in [4.69, 9.17) is 5.73 Å². The van der Waals surface area contributed by atoms with Crippen molar-refractivity contribution >= 4 is 22.6 Å². The van der Waals surface area contributed by atoms with Crippen LogP contribution in [0.1, 0.15) is 11.6 Å². The summed E-state index contributed by atoms with van der Waals surface area (Å²) in [4.78, 5) is 14.6. The summed E-state index contributed by atoms with van der Waals surface area (Å²) in [6, 6.07) is 7.46. The smallest absolute Gasteiger partial charge is 0.327 e. The number of nitrogens with two attached hydrogens (primary N) is 1. The van der Waals surface area contributed by atoms with Gasteiger partial charge in [0, 0.05) is 29.6 Å². The SMILES string of the molecule is Nc1cc(O)n([C@@H](Cc2c[nH]c3ccccc23)C(=O)O)c1O. The molecule has 2 heterocycles. The van der Waals surface area contributed by atoms with Gasteiger partial charge in [0.25, 0.3) is 0 Å². The summed E-state index contributed by atoms with van der Waals surface area (Å²) in [5.74, 6) is -2.02. The molecule has 0 saturated carbocycles. The second-order valence-corrected chi connectivity index (χ2v) is 5.07. The van der Waals surface area contributed by atoms with Crippen molar-refractivity contribution in [3.63, 3.8) is 0 Å². The minimum absolute atomic E-state index is 0.0670. The number of rotatable bonds is 4. The maximum Gasteiger partial charge on any atom is 0.327 e. The van der Waals surface area contributed by atoms with Crippen LogP contribution >= 0.6 is 0 Å². The zero-order valence-corrected chi connectivity index (χ0v) is 11.5. The Bertz CT molecular complexity index is 850. The normalized spacial score (nSPS) is 12.5. The molecule has 0 bridgehead atoms. The van der Waals surface area contributed by atoms with Gasteiger partial charge in [-0.1, -0.05) is 18.2 Å². The number of aromatic amines is 1. The molecule has 3 aromatic rings. The lowest BCUT2D eigenvalue weighted by atomic mass is 10.0. The highest BCUT2D eigenvalue weighted by Gasteiger charge is 2.27. The first kappa shape index (κ1) is 13.9. The molecule has 1 atom stereocenters. The molecule has 0 unspecified atom stereocenters. The fraction of sp³-hybridized carbons (Fsp3) is 0.133. The molecule has 0 saturated heterocycles. The average molecular weight is 301 g/mol. The van der Waals surface area contributed by atoms with Gasteiger partial charge in [-0.25, -0.2) is 4.79 Å². The monoisotopic (exact) mass is 301 g/mol. The topological polar surface area (TPSA) is 124 Å². The molecule has 0 spiro atoms. The molecule has 0 radical (unpaired) electrons. The van der Waals surface area contributed by atoms with E-state index < -0.39 is 17.9 Å². The highest BCUT2D eigenvalue weighted by atomic mass is 16.4. The predicted octanol–water partition coefficient (Wildman–Crippen LogP) is 1.83. The van der Waals surface area contributed by atoms with Crippen LogP contribution in [0.25, 0.3) is 10.9 Å². The van der Waals surface area contributed by atoms with Gasteiger partial charge in [-0.2, -0.15) is 0 Å². The largest absolute Gasteiger partial charge is 0.494 e. The third-order valence-corrected chi connectivity index (χ3v) is 3.70. The Kier molecular flexibility index (Phi) is 3.17. The first-order valence-electron chi connectivity index (χ1n) is 6.65. The quantitative estimate of drug-likeness (QED) is 0.503. The molecular weight excluding hydrogens is 286 g/mol. The van der Waals surface area contributed by atoms with Crippen LogP contribution in [0.5, 0.6) is 11.8 Å². The van der Waals surface area contributed by atoms with Gasteiger partial charge in [0.15, 0.2) is 5.88 Å². The number of carboxylic acid groups (broad SMARTS) is 1. The number of carbonyl (C=O) groups is 1.